The molecule has 0 aliphatic rings. The maximum atomic E-state index is 13.1. The third-order valence-corrected chi connectivity index (χ3v) is 6.91. The number of pyridine rings is 1. The minimum Gasteiger partial charge on any atom is -0.467 e. The van der Waals surface area contributed by atoms with E-state index in [2.05, 4.69) is 43.8 Å². The van der Waals surface area contributed by atoms with Gasteiger partial charge in [0, 0.05) is 23.5 Å². The van der Waals surface area contributed by atoms with Crippen LogP contribution in [0, 0.1) is 6.92 Å². The number of benzene rings is 1. The zero-order valence-electron chi connectivity index (χ0n) is 19.1. The third-order valence-electron chi connectivity index (χ3n) is 6.05. The molecule has 0 radical (unpaired) electrons. The van der Waals surface area contributed by atoms with Crippen molar-refractivity contribution in [2.75, 3.05) is 0 Å². The molecule has 0 amide bonds. The van der Waals surface area contributed by atoms with Gasteiger partial charge in [0.25, 0.3) is 5.56 Å². The lowest BCUT2D eigenvalue weighted by molar-refractivity contribution is 0.162. The summed E-state index contributed by atoms with van der Waals surface area (Å²) in [4.78, 5) is 19.6. The number of aromatic amines is 1. The topological polar surface area (TPSA) is 92.8 Å². The Hall–Kier alpha value is -3.56. The molecule has 34 heavy (non-hydrogen) atoms. The van der Waals surface area contributed by atoms with Crippen molar-refractivity contribution in [2.24, 2.45) is 0 Å². The molecule has 0 aliphatic carbocycles. The van der Waals surface area contributed by atoms with Crippen molar-refractivity contribution in [3.63, 3.8) is 0 Å². The number of hydrogen-bond donors (Lipinski definition) is 1. The van der Waals surface area contributed by atoms with E-state index in [1.165, 1.54) is 4.88 Å². The highest BCUT2D eigenvalue weighted by molar-refractivity contribution is 7.09. The largest absolute Gasteiger partial charge is 0.467 e. The summed E-state index contributed by atoms with van der Waals surface area (Å²) in [6.07, 6.45) is 2.43. The second-order valence-electron chi connectivity index (χ2n) is 8.35. The summed E-state index contributed by atoms with van der Waals surface area (Å²) in [6, 6.07) is 15.9. The molecule has 0 bridgehead atoms. The molecule has 5 rings (SSSR count). The van der Waals surface area contributed by atoms with Crippen LogP contribution in [0.25, 0.3) is 10.9 Å². The van der Waals surface area contributed by atoms with Crippen molar-refractivity contribution < 1.29 is 4.42 Å². The lowest BCUT2D eigenvalue weighted by Gasteiger charge is -2.29. The number of fused-ring (bicyclic) bond motifs is 1. The van der Waals surface area contributed by atoms with Crippen LogP contribution in [0.2, 0.25) is 0 Å². The van der Waals surface area contributed by atoms with Gasteiger partial charge in [-0.25, -0.2) is 4.68 Å². The molecule has 0 saturated carbocycles. The molecule has 1 aromatic carbocycles. The number of hydrogen-bond acceptors (Lipinski definition) is 7. The zero-order valence-corrected chi connectivity index (χ0v) is 20.0. The molecule has 4 heterocycles. The first-order valence-electron chi connectivity index (χ1n) is 11.3. The monoisotopic (exact) mass is 474 g/mol. The van der Waals surface area contributed by atoms with Crippen LogP contribution >= 0.6 is 11.3 Å². The summed E-state index contributed by atoms with van der Waals surface area (Å²) in [7, 11) is 0. The van der Waals surface area contributed by atoms with Gasteiger partial charge in [-0.05, 0) is 64.4 Å². The van der Waals surface area contributed by atoms with Gasteiger partial charge in [-0.15, -0.1) is 16.4 Å². The molecule has 9 heteroatoms. The Labute approximate surface area is 200 Å². The Morgan fingerprint density at radius 1 is 1.18 bits per heavy atom. The van der Waals surface area contributed by atoms with Gasteiger partial charge < -0.3 is 9.40 Å². The summed E-state index contributed by atoms with van der Waals surface area (Å²) in [5, 5.41) is 15.7. The predicted octanol–water partition coefficient (Wildman–Crippen LogP) is 4.68. The van der Waals surface area contributed by atoms with Crippen molar-refractivity contribution >= 4 is 22.2 Å². The van der Waals surface area contributed by atoms with Gasteiger partial charge in [0.2, 0.25) is 0 Å². The lowest BCUT2D eigenvalue weighted by atomic mass is 10.1. The smallest absolute Gasteiger partial charge is 0.252 e. The van der Waals surface area contributed by atoms with Gasteiger partial charge in [0.15, 0.2) is 5.82 Å². The fourth-order valence-corrected chi connectivity index (χ4v) is 5.09. The highest BCUT2D eigenvalue weighted by atomic mass is 32.1. The second kappa shape index (κ2) is 9.74. The van der Waals surface area contributed by atoms with Gasteiger partial charge in [0.1, 0.15) is 12.3 Å². The van der Waals surface area contributed by atoms with E-state index in [1.54, 1.807) is 22.3 Å². The van der Waals surface area contributed by atoms with Crippen molar-refractivity contribution in [2.45, 2.75) is 45.9 Å². The molecule has 1 N–H and O–H groups in total. The Kier molecular flexibility index (Phi) is 6.37. The summed E-state index contributed by atoms with van der Waals surface area (Å²) >= 11 is 1.70. The highest BCUT2D eigenvalue weighted by Gasteiger charge is 2.26. The Bertz CT molecular complexity index is 1420. The number of nitrogens with zero attached hydrogens (tertiary/aromatic N) is 5. The van der Waals surface area contributed by atoms with E-state index in [1.807, 2.05) is 49.4 Å². The fourth-order valence-electron chi connectivity index (χ4n) is 4.36. The molecule has 0 aliphatic heterocycles. The molecule has 4 aromatic heterocycles. The molecule has 0 spiro atoms. The zero-order chi connectivity index (χ0) is 23.5. The average Bonchev–Trinajstić information content (AvgIpc) is 3.60. The van der Waals surface area contributed by atoms with E-state index in [9.17, 15) is 4.79 Å². The first-order valence-corrected chi connectivity index (χ1v) is 12.2. The van der Waals surface area contributed by atoms with Crippen molar-refractivity contribution in [3.05, 3.63) is 98.1 Å². The highest BCUT2D eigenvalue weighted by Crippen LogP contribution is 2.28. The molecule has 5 aromatic rings. The van der Waals surface area contributed by atoms with Crippen LogP contribution < -0.4 is 5.56 Å². The van der Waals surface area contributed by atoms with Gasteiger partial charge in [0.05, 0.1) is 17.8 Å². The predicted molar refractivity (Wildman–Crippen MR) is 132 cm³/mol. The van der Waals surface area contributed by atoms with Crippen LogP contribution in [0.4, 0.5) is 0 Å². The quantitative estimate of drug-likeness (QED) is 0.333. The summed E-state index contributed by atoms with van der Waals surface area (Å²) < 4.78 is 7.29. The number of thiophene rings is 1. The molecular weight excluding hydrogens is 448 g/mol. The number of H-pyrrole nitrogens is 1. The van der Waals surface area contributed by atoms with E-state index < -0.39 is 0 Å². The number of para-hydroxylation sites is 1. The Morgan fingerprint density at radius 3 is 2.85 bits per heavy atom. The third kappa shape index (κ3) is 4.57. The maximum absolute atomic E-state index is 13.1. The van der Waals surface area contributed by atoms with Gasteiger partial charge in [-0.2, -0.15) is 0 Å². The average molecular weight is 475 g/mol. The Morgan fingerprint density at radius 2 is 2.09 bits per heavy atom. The SMILES string of the molecule is CC[C@H](c1nnnn1Cc1ccco1)N(Cc1cccs1)Cc1cc2cccc(C)c2[nH]c1=O. The molecular formula is C25H26N6O2S. The van der Waals surface area contributed by atoms with Gasteiger partial charge in [-0.1, -0.05) is 31.2 Å². The molecule has 0 fully saturated rings. The standard InChI is InChI=1S/C25H26N6O2S/c1-3-22(24-27-28-29-31(24)15-20-9-5-11-33-20)30(16-21-10-6-12-34-21)14-19-13-18-8-4-7-17(2)23(18)26-25(19)32/h4-13,22H,3,14-16H2,1-2H3,(H,26,32)/t22-/m1/s1. The summed E-state index contributed by atoms with van der Waals surface area (Å²) in [5.41, 5.74) is 2.59. The van der Waals surface area contributed by atoms with Gasteiger partial charge >= 0.3 is 0 Å². The van der Waals surface area contributed by atoms with Crippen LogP contribution in [0.3, 0.4) is 0 Å². The summed E-state index contributed by atoms with van der Waals surface area (Å²) in [5.74, 6) is 1.54. The minimum absolute atomic E-state index is 0.0667. The van der Waals surface area contributed by atoms with Crippen molar-refractivity contribution in [1.29, 1.82) is 0 Å². The van der Waals surface area contributed by atoms with Crippen LogP contribution in [0.15, 0.2) is 69.4 Å². The first kappa shape index (κ1) is 22.2. The van der Waals surface area contributed by atoms with Gasteiger partial charge in [-0.3, -0.25) is 9.69 Å². The maximum Gasteiger partial charge on any atom is 0.252 e. The lowest BCUT2D eigenvalue weighted by Crippen LogP contribution is -2.32. The van der Waals surface area contributed by atoms with E-state index in [0.29, 0.717) is 19.6 Å². The Balaban J connectivity index is 1.51. The van der Waals surface area contributed by atoms with E-state index >= 15 is 0 Å². The van der Waals surface area contributed by atoms with E-state index in [0.717, 1.165) is 40.0 Å². The van der Waals surface area contributed by atoms with Crippen LogP contribution in [-0.4, -0.2) is 30.1 Å². The fraction of sp³-hybridized carbons (Fsp3) is 0.280. The van der Waals surface area contributed by atoms with E-state index in [4.69, 9.17) is 4.42 Å². The molecule has 1 atom stereocenters. The number of aryl methyl sites for hydroxylation is 1. The minimum atomic E-state index is -0.0836. The number of aromatic nitrogens is 5. The van der Waals surface area contributed by atoms with Crippen molar-refractivity contribution in [3.8, 4) is 0 Å². The summed E-state index contributed by atoms with van der Waals surface area (Å²) in [6.45, 7) is 5.74. The molecule has 0 unspecified atom stereocenters. The number of rotatable bonds is 9. The molecule has 8 nitrogen and oxygen atoms in total. The number of furan rings is 1. The molecule has 174 valence electrons. The van der Waals surface area contributed by atoms with E-state index in [-0.39, 0.29) is 11.6 Å². The number of nitrogens with one attached hydrogen (secondary N) is 1. The van der Waals surface area contributed by atoms with Crippen LogP contribution in [0.1, 0.15) is 47.0 Å². The number of tetrazole rings is 1. The first-order chi connectivity index (χ1) is 16.6. The molecule has 0 saturated heterocycles. The second-order valence-corrected chi connectivity index (χ2v) is 9.38. The van der Waals surface area contributed by atoms with Crippen LogP contribution in [0.5, 0.6) is 0 Å². The van der Waals surface area contributed by atoms with Crippen LogP contribution in [-0.2, 0) is 19.6 Å². The normalized spacial score (nSPS) is 12.6. The van der Waals surface area contributed by atoms with Crippen molar-refractivity contribution in [1.82, 2.24) is 30.1 Å².